The summed E-state index contributed by atoms with van der Waals surface area (Å²) in [6, 6.07) is 60.8. The van der Waals surface area contributed by atoms with E-state index in [2.05, 4.69) is 158 Å². The van der Waals surface area contributed by atoms with Crippen molar-refractivity contribution in [2.45, 2.75) is 0 Å². The van der Waals surface area contributed by atoms with Gasteiger partial charge in [0, 0.05) is 43.8 Å². The third kappa shape index (κ3) is 3.85. The molecule has 0 spiro atoms. The van der Waals surface area contributed by atoms with Crippen molar-refractivity contribution < 1.29 is 8.83 Å². The standard InChI is InChI=1S/C48H28O2/c1-2-14-31-29(12-1)13-9-19-32(31)30-26-27-37-42(28-30)46(41-23-11-21-39-34-16-6-8-25-44(34)50-48(39)41)36-18-4-3-17-35(36)45(37)40-22-10-20-38-33-15-5-7-24-43(33)49-47(38)40/h1-28H. The van der Waals surface area contributed by atoms with Crippen LogP contribution in [-0.4, -0.2) is 0 Å². The van der Waals surface area contributed by atoms with E-state index in [4.69, 9.17) is 8.83 Å². The number of hydrogen-bond donors (Lipinski definition) is 0. The van der Waals surface area contributed by atoms with Gasteiger partial charge in [-0.05, 0) is 61.6 Å². The molecular weight excluding hydrogens is 609 g/mol. The normalized spacial score (nSPS) is 12.0. The average Bonchev–Trinajstić information content (AvgIpc) is 3.76. The fraction of sp³-hybridized carbons (Fsp3) is 0. The Bertz CT molecular complexity index is 3150. The second-order valence-electron chi connectivity index (χ2n) is 13.1. The van der Waals surface area contributed by atoms with Gasteiger partial charge in [0.1, 0.15) is 22.3 Å². The number of para-hydroxylation sites is 4. The fourth-order valence-corrected chi connectivity index (χ4v) is 8.29. The highest BCUT2D eigenvalue weighted by atomic mass is 16.3. The first-order valence-electron chi connectivity index (χ1n) is 17.1. The van der Waals surface area contributed by atoms with Crippen LogP contribution in [0.25, 0.3) is 110 Å². The molecule has 0 aliphatic heterocycles. The Morgan fingerprint density at radius 1 is 0.280 bits per heavy atom. The minimum Gasteiger partial charge on any atom is -0.455 e. The smallest absolute Gasteiger partial charge is 0.143 e. The molecule has 0 radical (unpaired) electrons. The van der Waals surface area contributed by atoms with Crippen molar-refractivity contribution in [3.63, 3.8) is 0 Å². The summed E-state index contributed by atoms with van der Waals surface area (Å²) in [5, 5.41) is 11.7. The third-order valence-electron chi connectivity index (χ3n) is 10.5. The molecule has 2 heteroatoms. The number of benzene rings is 9. The van der Waals surface area contributed by atoms with Gasteiger partial charge in [-0.3, -0.25) is 0 Å². The summed E-state index contributed by atoms with van der Waals surface area (Å²) >= 11 is 0. The molecule has 0 N–H and O–H groups in total. The molecule has 0 unspecified atom stereocenters. The number of rotatable bonds is 3. The summed E-state index contributed by atoms with van der Waals surface area (Å²) in [6.07, 6.45) is 0. The zero-order valence-electron chi connectivity index (χ0n) is 27.0. The van der Waals surface area contributed by atoms with E-state index < -0.39 is 0 Å². The summed E-state index contributed by atoms with van der Waals surface area (Å²) in [5.74, 6) is 0. The highest BCUT2D eigenvalue weighted by Gasteiger charge is 2.23. The van der Waals surface area contributed by atoms with Crippen LogP contribution in [-0.2, 0) is 0 Å². The van der Waals surface area contributed by atoms with Gasteiger partial charge in [0.25, 0.3) is 0 Å². The number of fused-ring (bicyclic) bond motifs is 9. The molecule has 9 aromatic carbocycles. The maximum Gasteiger partial charge on any atom is 0.143 e. The second-order valence-corrected chi connectivity index (χ2v) is 13.1. The summed E-state index contributed by atoms with van der Waals surface area (Å²) in [6.45, 7) is 0. The molecular formula is C48H28O2. The predicted octanol–water partition coefficient (Wildman–Crippen LogP) is 13.9. The van der Waals surface area contributed by atoms with E-state index in [1.165, 1.54) is 54.6 Å². The second kappa shape index (κ2) is 10.4. The highest BCUT2D eigenvalue weighted by Crippen LogP contribution is 2.49. The predicted molar refractivity (Wildman–Crippen MR) is 210 cm³/mol. The maximum atomic E-state index is 6.70. The maximum absolute atomic E-state index is 6.70. The Morgan fingerprint density at radius 3 is 1.36 bits per heavy atom. The van der Waals surface area contributed by atoms with E-state index in [9.17, 15) is 0 Å². The minimum absolute atomic E-state index is 0.896. The Balaban J connectivity index is 1.32. The third-order valence-corrected chi connectivity index (χ3v) is 10.5. The molecule has 2 heterocycles. The summed E-state index contributed by atoms with van der Waals surface area (Å²) < 4.78 is 13.4. The van der Waals surface area contributed by atoms with E-state index >= 15 is 0 Å². The first kappa shape index (κ1) is 27.3. The van der Waals surface area contributed by atoms with E-state index in [0.717, 1.165) is 55.0 Å². The van der Waals surface area contributed by atoms with E-state index in [-0.39, 0.29) is 0 Å². The lowest BCUT2D eigenvalue weighted by Gasteiger charge is -2.19. The number of furan rings is 2. The van der Waals surface area contributed by atoms with Crippen molar-refractivity contribution in [1.29, 1.82) is 0 Å². The zero-order chi connectivity index (χ0) is 32.8. The molecule has 0 fully saturated rings. The Hall–Kier alpha value is -6.64. The molecule has 0 aliphatic carbocycles. The molecule has 0 bridgehead atoms. The van der Waals surface area contributed by atoms with Crippen molar-refractivity contribution in [2.75, 3.05) is 0 Å². The summed E-state index contributed by atoms with van der Waals surface area (Å²) in [4.78, 5) is 0. The van der Waals surface area contributed by atoms with Crippen LogP contribution in [0, 0.1) is 0 Å². The van der Waals surface area contributed by atoms with E-state index in [1.54, 1.807) is 0 Å². The molecule has 0 amide bonds. The van der Waals surface area contributed by atoms with Gasteiger partial charge >= 0.3 is 0 Å². The van der Waals surface area contributed by atoms with Crippen LogP contribution in [0.4, 0.5) is 0 Å². The molecule has 2 nitrogen and oxygen atoms in total. The lowest BCUT2D eigenvalue weighted by atomic mass is 9.84. The number of hydrogen-bond acceptors (Lipinski definition) is 2. The van der Waals surface area contributed by atoms with Crippen LogP contribution in [0.3, 0.4) is 0 Å². The van der Waals surface area contributed by atoms with Gasteiger partial charge in [0.2, 0.25) is 0 Å². The first-order chi connectivity index (χ1) is 24.8. The molecule has 0 aliphatic rings. The molecule has 0 saturated heterocycles. The zero-order valence-corrected chi connectivity index (χ0v) is 27.0. The van der Waals surface area contributed by atoms with E-state index in [1.807, 2.05) is 12.1 Å². The summed E-state index contributed by atoms with van der Waals surface area (Å²) in [7, 11) is 0. The molecule has 11 aromatic rings. The molecule has 11 rings (SSSR count). The molecule has 232 valence electrons. The van der Waals surface area contributed by atoms with Crippen LogP contribution in [0.15, 0.2) is 179 Å². The van der Waals surface area contributed by atoms with Gasteiger partial charge < -0.3 is 8.83 Å². The SMILES string of the molecule is c1ccc2c(-c3ccc4c(-c5cccc6c5oc5ccccc56)c5ccccc5c(-c5cccc6c5oc5ccccc56)c4c3)cccc2c1. The van der Waals surface area contributed by atoms with Gasteiger partial charge in [0.15, 0.2) is 0 Å². The van der Waals surface area contributed by atoms with Crippen molar-refractivity contribution in [1.82, 2.24) is 0 Å². The van der Waals surface area contributed by atoms with Crippen molar-refractivity contribution in [2.24, 2.45) is 0 Å². The fourth-order valence-electron chi connectivity index (χ4n) is 8.29. The Labute approximate surface area is 287 Å². The minimum atomic E-state index is 0.896. The molecule has 2 aromatic heterocycles. The Kier molecular flexibility index (Phi) is 5.70. The average molecular weight is 637 g/mol. The summed E-state index contributed by atoms with van der Waals surface area (Å²) in [5.41, 5.74) is 10.5. The van der Waals surface area contributed by atoms with Crippen LogP contribution < -0.4 is 0 Å². The van der Waals surface area contributed by atoms with Gasteiger partial charge in [-0.25, -0.2) is 0 Å². The van der Waals surface area contributed by atoms with Crippen LogP contribution in [0.5, 0.6) is 0 Å². The van der Waals surface area contributed by atoms with Gasteiger partial charge in [-0.15, -0.1) is 0 Å². The van der Waals surface area contributed by atoms with Crippen molar-refractivity contribution in [3.05, 3.63) is 170 Å². The molecule has 0 saturated carbocycles. The largest absolute Gasteiger partial charge is 0.455 e. The molecule has 0 atom stereocenters. The van der Waals surface area contributed by atoms with Gasteiger partial charge in [0.05, 0.1) is 0 Å². The van der Waals surface area contributed by atoms with Gasteiger partial charge in [-0.2, -0.15) is 0 Å². The Morgan fingerprint density at radius 2 is 0.720 bits per heavy atom. The molecule has 50 heavy (non-hydrogen) atoms. The van der Waals surface area contributed by atoms with Crippen LogP contribution in [0.2, 0.25) is 0 Å². The van der Waals surface area contributed by atoms with E-state index in [0.29, 0.717) is 0 Å². The van der Waals surface area contributed by atoms with Crippen LogP contribution in [0.1, 0.15) is 0 Å². The monoisotopic (exact) mass is 636 g/mol. The first-order valence-corrected chi connectivity index (χ1v) is 17.1. The topological polar surface area (TPSA) is 26.3 Å². The van der Waals surface area contributed by atoms with Crippen molar-refractivity contribution in [3.8, 4) is 33.4 Å². The van der Waals surface area contributed by atoms with Crippen LogP contribution >= 0.6 is 0 Å². The van der Waals surface area contributed by atoms with Gasteiger partial charge in [-0.1, -0.05) is 152 Å². The highest BCUT2D eigenvalue weighted by molar-refractivity contribution is 6.26. The quantitative estimate of drug-likeness (QED) is 0.180. The lowest BCUT2D eigenvalue weighted by molar-refractivity contribution is 0.669. The lowest BCUT2D eigenvalue weighted by Crippen LogP contribution is -1.92. The van der Waals surface area contributed by atoms with Crippen molar-refractivity contribution >= 4 is 76.2 Å².